The Bertz CT molecular complexity index is 2940. The van der Waals surface area contributed by atoms with E-state index < -0.39 is 5.41 Å². The van der Waals surface area contributed by atoms with Crippen LogP contribution in [-0.4, -0.2) is 0 Å². The van der Waals surface area contributed by atoms with Gasteiger partial charge in [-0.15, -0.1) is 11.3 Å². The topological polar surface area (TPSA) is 3.24 Å². The second-order valence-electron chi connectivity index (χ2n) is 15.8. The molecule has 1 heterocycles. The number of nitrogens with zero attached hydrogens (tertiary/aromatic N) is 1. The van der Waals surface area contributed by atoms with Crippen LogP contribution >= 0.6 is 11.3 Å². The molecule has 1 aromatic heterocycles. The van der Waals surface area contributed by atoms with E-state index in [1.54, 1.807) is 0 Å². The van der Waals surface area contributed by atoms with E-state index in [0.717, 1.165) is 11.4 Å². The van der Waals surface area contributed by atoms with Crippen molar-refractivity contribution in [2.45, 2.75) is 31.6 Å². The molecule has 0 radical (unpaired) electrons. The third-order valence-electron chi connectivity index (χ3n) is 12.5. The lowest BCUT2D eigenvalue weighted by Gasteiger charge is -2.36. The lowest BCUT2D eigenvalue weighted by molar-refractivity contribution is 0.660. The van der Waals surface area contributed by atoms with Gasteiger partial charge in [-0.2, -0.15) is 0 Å². The van der Waals surface area contributed by atoms with Crippen molar-refractivity contribution >= 4 is 48.6 Å². The third-order valence-corrected chi connectivity index (χ3v) is 13.7. The summed E-state index contributed by atoms with van der Waals surface area (Å²) in [5.41, 5.74) is 17.4. The van der Waals surface area contributed by atoms with E-state index in [1.165, 1.54) is 87.1 Å². The largest absolute Gasteiger partial charge is 0.309 e. The van der Waals surface area contributed by atoms with Crippen LogP contribution in [0.4, 0.5) is 17.1 Å². The Kier molecular flexibility index (Phi) is 6.97. The first kappa shape index (κ1) is 32.2. The molecule has 9 aromatic rings. The standard InChI is InChI=1S/C53H39NS/c1-52(2)43-24-11-7-20-38(43)41-29-28-37(33-47(41)52)54(36-19-15-18-35(32-36)34-16-5-4-6-17-34)51-46(30-31-49-50(51)42-23-10-14-27-48(42)55-49)53(3)44-25-12-8-21-39(44)40-22-9-13-26-45(40)53/h4-33H,1-3H3. The Morgan fingerprint density at radius 2 is 0.982 bits per heavy atom. The highest BCUT2D eigenvalue weighted by molar-refractivity contribution is 7.26. The Labute approximate surface area is 326 Å². The fourth-order valence-electron chi connectivity index (χ4n) is 9.87. The molecule has 0 fully saturated rings. The summed E-state index contributed by atoms with van der Waals surface area (Å²) in [7, 11) is 0. The number of thiophene rings is 1. The van der Waals surface area contributed by atoms with Gasteiger partial charge >= 0.3 is 0 Å². The quantitative estimate of drug-likeness (QED) is 0.171. The summed E-state index contributed by atoms with van der Waals surface area (Å²) in [6.07, 6.45) is 0. The van der Waals surface area contributed by atoms with Crippen molar-refractivity contribution in [2.24, 2.45) is 0 Å². The molecule has 0 saturated heterocycles. The van der Waals surface area contributed by atoms with Gasteiger partial charge in [0.25, 0.3) is 0 Å². The number of benzene rings is 8. The first-order chi connectivity index (χ1) is 26.9. The van der Waals surface area contributed by atoms with Crippen molar-refractivity contribution in [3.63, 3.8) is 0 Å². The molecular weight excluding hydrogens is 683 g/mol. The van der Waals surface area contributed by atoms with Crippen LogP contribution in [-0.2, 0) is 10.8 Å². The molecule has 55 heavy (non-hydrogen) atoms. The summed E-state index contributed by atoms with van der Waals surface area (Å²) in [5.74, 6) is 0. The van der Waals surface area contributed by atoms with Gasteiger partial charge in [0, 0.05) is 42.4 Å². The highest BCUT2D eigenvalue weighted by Gasteiger charge is 2.44. The number of hydrogen-bond donors (Lipinski definition) is 0. The average Bonchev–Trinajstić information content (AvgIpc) is 3.82. The van der Waals surface area contributed by atoms with Gasteiger partial charge < -0.3 is 4.90 Å². The monoisotopic (exact) mass is 721 g/mol. The van der Waals surface area contributed by atoms with E-state index in [9.17, 15) is 0 Å². The summed E-state index contributed by atoms with van der Waals surface area (Å²) in [4.78, 5) is 2.59. The fraction of sp³-hybridized carbons (Fsp3) is 0.0943. The maximum absolute atomic E-state index is 2.59. The lowest BCUT2D eigenvalue weighted by Crippen LogP contribution is -2.26. The van der Waals surface area contributed by atoms with E-state index in [0.29, 0.717) is 0 Å². The minimum Gasteiger partial charge on any atom is -0.309 e. The zero-order valence-electron chi connectivity index (χ0n) is 31.2. The Morgan fingerprint density at radius 3 is 1.73 bits per heavy atom. The van der Waals surface area contributed by atoms with Gasteiger partial charge in [-0.1, -0.05) is 159 Å². The molecule has 0 saturated carbocycles. The highest BCUT2D eigenvalue weighted by Crippen LogP contribution is 2.59. The fourth-order valence-corrected chi connectivity index (χ4v) is 11.0. The van der Waals surface area contributed by atoms with Gasteiger partial charge in [0.1, 0.15) is 0 Å². The number of anilines is 3. The van der Waals surface area contributed by atoms with Gasteiger partial charge in [0.05, 0.1) is 5.69 Å². The normalized spacial score (nSPS) is 14.4. The first-order valence-electron chi connectivity index (χ1n) is 19.3. The molecular formula is C53H39NS. The molecule has 262 valence electrons. The third kappa shape index (κ3) is 4.59. The van der Waals surface area contributed by atoms with E-state index in [1.807, 2.05) is 11.3 Å². The predicted octanol–water partition coefficient (Wildman–Crippen LogP) is 14.8. The molecule has 0 atom stereocenters. The van der Waals surface area contributed by atoms with Crippen LogP contribution in [0.2, 0.25) is 0 Å². The summed E-state index contributed by atoms with van der Waals surface area (Å²) in [6, 6.07) is 68.0. The Hall–Kier alpha value is -6.22. The molecule has 1 nitrogen and oxygen atoms in total. The average molecular weight is 722 g/mol. The minimum absolute atomic E-state index is 0.140. The first-order valence-corrected chi connectivity index (χ1v) is 20.1. The maximum atomic E-state index is 2.59. The maximum Gasteiger partial charge on any atom is 0.0599 e. The summed E-state index contributed by atoms with van der Waals surface area (Å²) < 4.78 is 2.60. The molecule has 2 heteroatoms. The van der Waals surface area contributed by atoms with Crippen LogP contribution in [0.1, 0.15) is 48.6 Å². The molecule has 0 aliphatic heterocycles. The molecule has 11 rings (SSSR count). The molecule has 0 amide bonds. The van der Waals surface area contributed by atoms with Crippen LogP contribution in [0.5, 0.6) is 0 Å². The van der Waals surface area contributed by atoms with E-state index in [2.05, 4.69) is 208 Å². The molecule has 8 aromatic carbocycles. The summed E-state index contributed by atoms with van der Waals surface area (Å²) in [5, 5.41) is 2.59. The Balaban J connectivity index is 1.27. The second kappa shape index (κ2) is 11.9. The minimum atomic E-state index is -0.415. The SMILES string of the molecule is CC1(C)c2ccccc2-c2ccc(N(c3cccc(-c4ccccc4)c3)c3c(C4(C)c5ccccc5-c5ccccc54)ccc4sc5ccccc5c34)cc21. The summed E-state index contributed by atoms with van der Waals surface area (Å²) in [6.45, 7) is 7.22. The van der Waals surface area contributed by atoms with Crippen molar-refractivity contribution in [3.05, 3.63) is 210 Å². The van der Waals surface area contributed by atoms with E-state index >= 15 is 0 Å². The molecule has 0 unspecified atom stereocenters. The predicted molar refractivity (Wildman–Crippen MR) is 234 cm³/mol. The van der Waals surface area contributed by atoms with Crippen LogP contribution in [0.15, 0.2) is 182 Å². The lowest BCUT2D eigenvalue weighted by atomic mass is 9.72. The van der Waals surface area contributed by atoms with Gasteiger partial charge in [-0.05, 0) is 105 Å². The Morgan fingerprint density at radius 1 is 0.400 bits per heavy atom. The summed E-state index contributed by atoms with van der Waals surface area (Å²) >= 11 is 1.89. The zero-order valence-corrected chi connectivity index (χ0v) is 32.0. The molecule has 2 aliphatic rings. The molecule has 0 bridgehead atoms. The van der Waals surface area contributed by atoms with Crippen molar-refractivity contribution < 1.29 is 0 Å². The van der Waals surface area contributed by atoms with Crippen molar-refractivity contribution in [1.29, 1.82) is 0 Å². The van der Waals surface area contributed by atoms with Crippen LogP contribution in [0.25, 0.3) is 53.6 Å². The van der Waals surface area contributed by atoms with Crippen molar-refractivity contribution in [1.82, 2.24) is 0 Å². The van der Waals surface area contributed by atoms with Gasteiger partial charge in [-0.3, -0.25) is 0 Å². The van der Waals surface area contributed by atoms with Crippen LogP contribution < -0.4 is 4.90 Å². The molecule has 0 N–H and O–H groups in total. The van der Waals surface area contributed by atoms with Crippen molar-refractivity contribution in [3.8, 4) is 33.4 Å². The number of fused-ring (bicyclic) bond motifs is 9. The van der Waals surface area contributed by atoms with Crippen LogP contribution in [0.3, 0.4) is 0 Å². The van der Waals surface area contributed by atoms with Crippen molar-refractivity contribution in [2.75, 3.05) is 4.90 Å². The zero-order chi connectivity index (χ0) is 36.9. The van der Waals surface area contributed by atoms with E-state index in [-0.39, 0.29) is 5.41 Å². The smallest absolute Gasteiger partial charge is 0.0599 e. The van der Waals surface area contributed by atoms with Gasteiger partial charge in [-0.25, -0.2) is 0 Å². The number of hydrogen-bond acceptors (Lipinski definition) is 2. The second-order valence-corrected chi connectivity index (χ2v) is 16.9. The number of rotatable bonds is 5. The van der Waals surface area contributed by atoms with E-state index in [4.69, 9.17) is 0 Å². The van der Waals surface area contributed by atoms with Gasteiger partial charge in [0.15, 0.2) is 0 Å². The molecule has 2 aliphatic carbocycles. The molecule has 0 spiro atoms. The van der Waals surface area contributed by atoms with Gasteiger partial charge in [0.2, 0.25) is 0 Å². The highest BCUT2D eigenvalue weighted by atomic mass is 32.1. The van der Waals surface area contributed by atoms with Crippen LogP contribution in [0, 0.1) is 0 Å².